The van der Waals surface area contributed by atoms with Crippen LogP contribution in [-0.2, 0) is 0 Å². The third-order valence-corrected chi connectivity index (χ3v) is 4.26. The van der Waals surface area contributed by atoms with Gasteiger partial charge < -0.3 is 15.3 Å². The molecule has 2 aliphatic heterocycles. The average Bonchev–Trinajstić information content (AvgIpc) is 3.11. The summed E-state index contributed by atoms with van der Waals surface area (Å²) < 4.78 is 0. The molecule has 1 fully saturated rings. The standard InChI is InChI=1S/C17H22N4O3.HI/c1-2-18-17(20-9-7-12(22)11-20)19-8-10-21-15(23)13-5-3-4-6-14(13)16(21)24;/h3-6,12,22H,2,7-11H2,1H3,(H,18,19);1H/t12-;/m1./s1. The summed E-state index contributed by atoms with van der Waals surface area (Å²) >= 11 is 0. The number of amides is 2. The number of nitrogens with one attached hydrogen (secondary N) is 1. The first-order chi connectivity index (χ1) is 11.6. The highest BCUT2D eigenvalue weighted by atomic mass is 127. The van der Waals surface area contributed by atoms with E-state index in [1.807, 2.05) is 11.8 Å². The van der Waals surface area contributed by atoms with E-state index in [4.69, 9.17) is 0 Å². The first-order valence-electron chi connectivity index (χ1n) is 8.28. The molecule has 1 aromatic rings. The summed E-state index contributed by atoms with van der Waals surface area (Å²) in [6.07, 6.45) is 0.396. The third kappa shape index (κ3) is 4.12. The second-order valence-corrected chi connectivity index (χ2v) is 5.93. The highest BCUT2D eigenvalue weighted by molar-refractivity contribution is 14.0. The van der Waals surface area contributed by atoms with Crippen molar-refractivity contribution >= 4 is 41.8 Å². The minimum Gasteiger partial charge on any atom is -0.391 e. The van der Waals surface area contributed by atoms with Gasteiger partial charge in [0.2, 0.25) is 0 Å². The smallest absolute Gasteiger partial charge is 0.261 e. The number of aliphatic imine (C=N–C) groups is 1. The van der Waals surface area contributed by atoms with Crippen molar-refractivity contribution in [1.82, 2.24) is 15.1 Å². The Morgan fingerprint density at radius 1 is 1.28 bits per heavy atom. The molecule has 0 saturated carbocycles. The molecule has 2 N–H and O–H groups in total. The molecule has 25 heavy (non-hydrogen) atoms. The number of nitrogens with zero attached hydrogens (tertiary/aromatic N) is 3. The van der Waals surface area contributed by atoms with Crippen molar-refractivity contribution in [3.8, 4) is 0 Å². The molecule has 0 spiro atoms. The van der Waals surface area contributed by atoms with Gasteiger partial charge in [0.15, 0.2) is 5.96 Å². The van der Waals surface area contributed by atoms with E-state index in [1.54, 1.807) is 24.3 Å². The van der Waals surface area contributed by atoms with Gasteiger partial charge in [-0.2, -0.15) is 0 Å². The quantitative estimate of drug-likeness (QED) is 0.304. The Bertz CT molecular complexity index is 645. The summed E-state index contributed by atoms with van der Waals surface area (Å²) in [6, 6.07) is 6.87. The van der Waals surface area contributed by atoms with Gasteiger partial charge >= 0.3 is 0 Å². The van der Waals surface area contributed by atoms with Crippen LogP contribution in [0.2, 0.25) is 0 Å². The number of carbonyl (C=O) groups is 2. The van der Waals surface area contributed by atoms with Crippen LogP contribution in [-0.4, -0.2) is 71.5 Å². The van der Waals surface area contributed by atoms with Crippen LogP contribution in [0.25, 0.3) is 0 Å². The van der Waals surface area contributed by atoms with E-state index in [-0.39, 0.29) is 48.4 Å². The van der Waals surface area contributed by atoms with Gasteiger partial charge in [-0.1, -0.05) is 12.1 Å². The van der Waals surface area contributed by atoms with Crippen LogP contribution in [0, 0.1) is 0 Å². The molecule has 1 saturated heterocycles. The number of benzene rings is 1. The minimum atomic E-state index is -0.329. The number of hydrogen-bond acceptors (Lipinski definition) is 4. The molecular weight excluding hydrogens is 435 g/mol. The van der Waals surface area contributed by atoms with Gasteiger partial charge in [0, 0.05) is 26.2 Å². The first kappa shape index (κ1) is 19.6. The largest absolute Gasteiger partial charge is 0.391 e. The number of hydrogen-bond donors (Lipinski definition) is 2. The Balaban J connectivity index is 0.00000225. The van der Waals surface area contributed by atoms with Crippen molar-refractivity contribution in [2.45, 2.75) is 19.4 Å². The number of aliphatic hydroxyl groups is 1. The van der Waals surface area contributed by atoms with Crippen LogP contribution in [0.15, 0.2) is 29.3 Å². The second kappa shape index (κ2) is 8.61. The fourth-order valence-corrected chi connectivity index (χ4v) is 3.06. The van der Waals surface area contributed by atoms with Crippen molar-refractivity contribution in [2.75, 3.05) is 32.7 Å². The number of rotatable bonds is 4. The molecule has 0 radical (unpaired) electrons. The van der Waals surface area contributed by atoms with E-state index in [1.165, 1.54) is 4.90 Å². The summed E-state index contributed by atoms with van der Waals surface area (Å²) in [5, 5.41) is 12.8. The monoisotopic (exact) mass is 458 g/mol. The van der Waals surface area contributed by atoms with Crippen molar-refractivity contribution in [1.29, 1.82) is 0 Å². The number of β-amino-alcohol motifs (C(OH)–C–C–N with tert-alkyl or cyclic N) is 1. The molecule has 0 aliphatic carbocycles. The SMILES string of the molecule is CCNC(=NCCN1C(=O)c2ccccc2C1=O)N1CC[C@@H](O)C1.I. The minimum absolute atomic E-state index is 0. The normalized spacial score (nSPS) is 19.9. The Labute approximate surface area is 164 Å². The van der Waals surface area contributed by atoms with Crippen molar-refractivity contribution in [2.24, 2.45) is 4.99 Å². The molecular formula is C17H23IN4O3. The van der Waals surface area contributed by atoms with Crippen LogP contribution in [0.1, 0.15) is 34.1 Å². The van der Waals surface area contributed by atoms with E-state index in [0.717, 1.165) is 19.5 Å². The number of imide groups is 1. The number of aliphatic hydroxyl groups excluding tert-OH is 1. The topological polar surface area (TPSA) is 85.2 Å². The van der Waals surface area contributed by atoms with E-state index < -0.39 is 0 Å². The zero-order valence-electron chi connectivity index (χ0n) is 14.1. The molecule has 3 rings (SSSR count). The van der Waals surface area contributed by atoms with Crippen molar-refractivity contribution < 1.29 is 14.7 Å². The predicted octanol–water partition coefficient (Wildman–Crippen LogP) is 0.933. The Morgan fingerprint density at radius 2 is 1.92 bits per heavy atom. The Morgan fingerprint density at radius 3 is 2.44 bits per heavy atom. The third-order valence-electron chi connectivity index (χ3n) is 4.26. The summed E-state index contributed by atoms with van der Waals surface area (Å²) in [5.74, 6) is 0.199. The maximum atomic E-state index is 12.3. The summed E-state index contributed by atoms with van der Waals surface area (Å²) in [5.41, 5.74) is 0.919. The Kier molecular flexibility index (Phi) is 6.77. The van der Waals surface area contributed by atoms with Crippen LogP contribution < -0.4 is 5.32 Å². The second-order valence-electron chi connectivity index (χ2n) is 5.93. The molecule has 8 heteroatoms. The van der Waals surface area contributed by atoms with Gasteiger partial charge in [-0.3, -0.25) is 19.5 Å². The summed E-state index contributed by atoms with van der Waals surface area (Å²) in [7, 11) is 0. The van der Waals surface area contributed by atoms with E-state index in [2.05, 4.69) is 10.3 Å². The van der Waals surface area contributed by atoms with Gasteiger partial charge in [-0.25, -0.2) is 0 Å². The van der Waals surface area contributed by atoms with Gasteiger partial charge in [-0.05, 0) is 25.5 Å². The fourth-order valence-electron chi connectivity index (χ4n) is 3.06. The number of carbonyl (C=O) groups excluding carboxylic acids is 2. The number of fused-ring (bicyclic) bond motifs is 1. The van der Waals surface area contributed by atoms with Gasteiger partial charge in [0.1, 0.15) is 0 Å². The fraction of sp³-hybridized carbons (Fsp3) is 0.471. The highest BCUT2D eigenvalue weighted by Crippen LogP contribution is 2.21. The number of likely N-dealkylation sites (tertiary alicyclic amines) is 1. The van der Waals surface area contributed by atoms with E-state index >= 15 is 0 Å². The van der Waals surface area contributed by atoms with E-state index in [9.17, 15) is 14.7 Å². The Hall–Kier alpha value is -1.68. The van der Waals surface area contributed by atoms with Crippen LogP contribution in [0.4, 0.5) is 0 Å². The molecule has 0 bridgehead atoms. The molecule has 1 atom stereocenters. The summed E-state index contributed by atoms with van der Waals surface area (Å²) in [4.78, 5) is 32.4. The van der Waals surface area contributed by atoms with E-state index in [0.29, 0.717) is 30.2 Å². The number of guanidine groups is 1. The molecule has 1 aromatic carbocycles. The molecule has 136 valence electrons. The molecule has 0 unspecified atom stereocenters. The maximum Gasteiger partial charge on any atom is 0.261 e. The lowest BCUT2D eigenvalue weighted by Crippen LogP contribution is -2.41. The van der Waals surface area contributed by atoms with Gasteiger partial charge in [-0.15, -0.1) is 24.0 Å². The molecule has 2 amide bonds. The van der Waals surface area contributed by atoms with Crippen molar-refractivity contribution in [3.05, 3.63) is 35.4 Å². The summed E-state index contributed by atoms with van der Waals surface area (Å²) in [6.45, 7) is 4.58. The molecule has 2 heterocycles. The van der Waals surface area contributed by atoms with Gasteiger partial charge in [0.25, 0.3) is 11.8 Å². The average molecular weight is 458 g/mol. The molecule has 0 aromatic heterocycles. The highest BCUT2D eigenvalue weighted by Gasteiger charge is 2.34. The maximum absolute atomic E-state index is 12.3. The molecule has 7 nitrogen and oxygen atoms in total. The van der Waals surface area contributed by atoms with Crippen LogP contribution in [0.3, 0.4) is 0 Å². The van der Waals surface area contributed by atoms with Gasteiger partial charge in [0.05, 0.1) is 23.8 Å². The lowest BCUT2D eigenvalue weighted by atomic mass is 10.1. The lowest BCUT2D eigenvalue weighted by molar-refractivity contribution is 0.0659. The van der Waals surface area contributed by atoms with Crippen molar-refractivity contribution in [3.63, 3.8) is 0 Å². The number of halogens is 1. The van der Waals surface area contributed by atoms with Crippen LogP contribution >= 0.6 is 24.0 Å². The zero-order chi connectivity index (χ0) is 17.1. The zero-order valence-corrected chi connectivity index (χ0v) is 16.5. The first-order valence-corrected chi connectivity index (χ1v) is 8.28. The molecule has 2 aliphatic rings. The van der Waals surface area contributed by atoms with Crippen LogP contribution in [0.5, 0.6) is 0 Å². The predicted molar refractivity (Wildman–Crippen MR) is 105 cm³/mol. The lowest BCUT2D eigenvalue weighted by Gasteiger charge is -2.21.